The summed E-state index contributed by atoms with van der Waals surface area (Å²) in [5.41, 5.74) is 4.78. The van der Waals surface area contributed by atoms with Crippen molar-refractivity contribution in [1.29, 1.82) is 0 Å². The monoisotopic (exact) mass is 281 g/mol. The lowest BCUT2D eigenvalue weighted by Crippen LogP contribution is -2.66. The normalized spacial score (nSPS) is 30.1. The smallest absolute Gasteiger partial charge is 0.252 e. The number of hydrogen-bond acceptors (Lipinski definition) is 4. The summed E-state index contributed by atoms with van der Waals surface area (Å²) in [5, 5.41) is 2.29. The summed E-state index contributed by atoms with van der Waals surface area (Å²) >= 11 is 0. The Morgan fingerprint density at radius 2 is 2.00 bits per heavy atom. The summed E-state index contributed by atoms with van der Waals surface area (Å²) in [6.45, 7) is 3.77. The maximum atomic E-state index is 12.8. The second kappa shape index (κ2) is 5.52. The maximum Gasteiger partial charge on any atom is 0.252 e. The fourth-order valence-corrected chi connectivity index (χ4v) is 3.15. The van der Waals surface area contributed by atoms with Crippen molar-refractivity contribution in [2.24, 2.45) is 17.6 Å². The molecule has 1 aliphatic carbocycles. The number of imide groups is 1. The van der Waals surface area contributed by atoms with Gasteiger partial charge in [-0.3, -0.25) is 19.7 Å². The van der Waals surface area contributed by atoms with Gasteiger partial charge in [-0.25, -0.2) is 0 Å². The average molecular weight is 281 g/mol. The van der Waals surface area contributed by atoms with Gasteiger partial charge in [0.25, 0.3) is 5.91 Å². The van der Waals surface area contributed by atoms with Crippen molar-refractivity contribution in [2.75, 3.05) is 13.1 Å². The van der Waals surface area contributed by atoms with Crippen molar-refractivity contribution in [3.63, 3.8) is 0 Å². The van der Waals surface area contributed by atoms with Gasteiger partial charge in [-0.2, -0.15) is 0 Å². The van der Waals surface area contributed by atoms with Gasteiger partial charge in [-0.05, 0) is 39.2 Å². The van der Waals surface area contributed by atoms with Gasteiger partial charge in [-0.15, -0.1) is 0 Å². The van der Waals surface area contributed by atoms with Crippen molar-refractivity contribution in [3.05, 3.63) is 0 Å². The molecule has 2 aliphatic rings. The fourth-order valence-electron chi connectivity index (χ4n) is 3.15. The lowest BCUT2D eigenvalue weighted by Gasteiger charge is -2.43. The molecule has 0 radical (unpaired) electrons. The van der Waals surface area contributed by atoms with Crippen LogP contribution in [0.1, 0.15) is 39.5 Å². The van der Waals surface area contributed by atoms with Gasteiger partial charge in [0, 0.05) is 5.92 Å². The van der Waals surface area contributed by atoms with E-state index in [4.69, 9.17) is 5.73 Å². The Bertz CT molecular complexity index is 433. The number of nitrogens with one attached hydrogen (secondary N) is 1. The lowest BCUT2D eigenvalue weighted by molar-refractivity contribution is -0.159. The predicted molar refractivity (Wildman–Crippen MR) is 73.4 cm³/mol. The van der Waals surface area contributed by atoms with Crippen molar-refractivity contribution in [3.8, 4) is 0 Å². The number of rotatable bonds is 2. The lowest BCUT2D eigenvalue weighted by atomic mass is 9.77. The third-order valence-electron chi connectivity index (χ3n) is 4.58. The van der Waals surface area contributed by atoms with Crippen LogP contribution in [-0.4, -0.2) is 41.2 Å². The molecule has 2 rings (SSSR count). The average Bonchev–Trinajstić information content (AvgIpc) is 2.42. The minimum absolute atomic E-state index is 0.0502. The Morgan fingerprint density at radius 3 is 2.65 bits per heavy atom. The van der Waals surface area contributed by atoms with Crippen LogP contribution in [-0.2, 0) is 14.4 Å². The molecule has 2 fully saturated rings. The van der Waals surface area contributed by atoms with E-state index in [1.807, 2.05) is 0 Å². The SMILES string of the molecule is CC1(C)C(=O)NC(=O)CN1C(=O)C1CCCCC1CN. The summed E-state index contributed by atoms with van der Waals surface area (Å²) in [6.07, 6.45) is 3.83. The highest BCUT2D eigenvalue weighted by atomic mass is 16.2. The molecule has 6 heteroatoms. The molecule has 1 heterocycles. The molecule has 1 saturated heterocycles. The number of carbonyl (C=O) groups excluding carboxylic acids is 3. The zero-order valence-electron chi connectivity index (χ0n) is 12.1. The van der Waals surface area contributed by atoms with Crippen molar-refractivity contribution in [2.45, 2.75) is 45.1 Å². The topological polar surface area (TPSA) is 92.5 Å². The summed E-state index contributed by atoms with van der Waals surface area (Å²) < 4.78 is 0. The van der Waals surface area contributed by atoms with Gasteiger partial charge in [0.2, 0.25) is 11.8 Å². The van der Waals surface area contributed by atoms with Crippen molar-refractivity contribution in [1.82, 2.24) is 10.2 Å². The van der Waals surface area contributed by atoms with E-state index in [1.165, 1.54) is 4.90 Å². The van der Waals surface area contributed by atoms with Crippen LogP contribution in [0.25, 0.3) is 0 Å². The molecule has 3 N–H and O–H groups in total. The molecule has 0 aromatic rings. The molecule has 0 spiro atoms. The van der Waals surface area contributed by atoms with E-state index >= 15 is 0 Å². The van der Waals surface area contributed by atoms with Gasteiger partial charge >= 0.3 is 0 Å². The quantitative estimate of drug-likeness (QED) is 0.698. The van der Waals surface area contributed by atoms with Crippen LogP contribution in [0, 0.1) is 11.8 Å². The number of carbonyl (C=O) groups is 3. The van der Waals surface area contributed by atoms with Crippen molar-refractivity contribution < 1.29 is 14.4 Å². The second-order valence-electron chi connectivity index (χ2n) is 6.25. The Kier molecular flexibility index (Phi) is 4.13. The standard InChI is InChI=1S/C14H23N3O3/c1-14(2)13(20)16-11(18)8-17(14)12(19)10-6-4-3-5-9(10)7-15/h9-10H,3-8,15H2,1-2H3,(H,16,18,20). The molecule has 2 atom stereocenters. The molecule has 0 aromatic heterocycles. The molecule has 3 amide bonds. The summed E-state index contributed by atoms with van der Waals surface area (Å²) in [5.74, 6) is -0.933. The van der Waals surface area contributed by atoms with Gasteiger partial charge in [-0.1, -0.05) is 12.8 Å². The van der Waals surface area contributed by atoms with Crippen LogP contribution in [0.5, 0.6) is 0 Å². The highest BCUT2D eigenvalue weighted by Crippen LogP contribution is 2.33. The minimum Gasteiger partial charge on any atom is -0.330 e. The van der Waals surface area contributed by atoms with E-state index in [-0.39, 0.29) is 24.3 Å². The van der Waals surface area contributed by atoms with Crippen LogP contribution in [0.4, 0.5) is 0 Å². The zero-order valence-corrected chi connectivity index (χ0v) is 12.1. The second-order valence-corrected chi connectivity index (χ2v) is 6.25. The highest BCUT2D eigenvalue weighted by molar-refractivity contribution is 6.06. The third-order valence-corrected chi connectivity index (χ3v) is 4.58. The summed E-state index contributed by atoms with van der Waals surface area (Å²) in [7, 11) is 0. The third kappa shape index (κ3) is 2.57. The van der Waals surface area contributed by atoms with E-state index in [0.717, 1.165) is 25.7 Å². The molecule has 0 aromatic carbocycles. The van der Waals surface area contributed by atoms with Crippen LogP contribution >= 0.6 is 0 Å². The first kappa shape index (κ1) is 15.0. The molecule has 1 saturated carbocycles. The van der Waals surface area contributed by atoms with Crippen LogP contribution in [0.3, 0.4) is 0 Å². The molecule has 0 bridgehead atoms. The van der Waals surface area contributed by atoms with Crippen LogP contribution in [0.2, 0.25) is 0 Å². The molecular formula is C14H23N3O3. The number of amides is 3. The largest absolute Gasteiger partial charge is 0.330 e. The molecule has 6 nitrogen and oxygen atoms in total. The summed E-state index contributed by atoms with van der Waals surface area (Å²) in [6, 6.07) is 0. The maximum absolute atomic E-state index is 12.8. The van der Waals surface area contributed by atoms with Gasteiger partial charge in [0.05, 0.1) is 0 Å². The van der Waals surface area contributed by atoms with Crippen LogP contribution < -0.4 is 11.1 Å². The van der Waals surface area contributed by atoms with E-state index in [0.29, 0.717) is 6.54 Å². The highest BCUT2D eigenvalue weighted by Gasteiger charge is 2.46. The number of piperazine rings is 1. The van der Waals surface area contributed by atoms with Crippen LogP contribution in [0.15, 0.2) is 0 Å². The summed E-state index contributed by atoms with van der Waals surface area (Å²) in [4.78, 5) is 37.7. The van der Waals surface area contributed by atoms with Gasteiger partial charge in [0.1, 0.15) is 12.1 Å². The predicted octanol–water partition coefficient (Wildman–Crippen LogP) is 0.0151. The van der Waals surface area contributed by atoms with Gasteiger partial charge in [0.15, 0.2) is 0 Å². The Labute approximate surface area is 119 Å². The number of hydrogen-bond donors (Lipinski definition) is 2. The minimum atomic E-state index is -0.985. The molecule has 20 heavy (non-hydrogen) atoms. The first-order valence-corrected chi connectivity index (χ1v) is 7.23. The Balaban J connectivity index is 2.21. The molecule has 2 unspecified atom stereocenters. The van der Waals surface area contributed by atoms with E-state index in [2.05, 4.69) is 5.32 Å². The zero-order chi connectivity index (χ0) is 14.9. The van der Waals surface area contributed by atoms with Crippen molar-refractivity contribution >= 4 is 17.7 Å². The first-order valence-electron chi connectivity index (χ1n) is 7.23. The molecule has 112 valence electrons. The van der Waals surface area contributed by atoms with E-state index in [9.17, 15) is 14.4 Å². The Morgan fingerprint density at radius 1 is 1.35 bits per heavy atom. The first-order chi connectivity index (χ1) is 9.37. The Hall–Kier alpha value is -1.43. The van der Waals surface area contributed by atoms with Gasteiger partial charge < -0.3 is 10.6 Å². The van der Waals surface area contributed by atoms with E-state index < -0.39 is 17.4 Å². The molecular weight excluding hydrogens is 258 g/mol. The number of nitrogens with zero attached hydrogens (tertiary/aromatic N) is 1. The molecule has 1 aliphatic heterocycles. The number of nitrogens with two attached hydrogens (primary N) is 1. The van der Waals surface area contributed by atoms with E-state index in [1.54, 1.807) is 13.8 Å². The fraction of sp³-hybridized carbons (Fsp3) is 0.786.